The Morgan fingerprint density at radius 3 is 2.05 bits per heavy atom. The first-order chi connectivity index (χ1) is 9.43. The van der Waals surface area contributed by atoms with Crippen molar-refractivity contribution in [1.82, 2.24) is 0 Å². The van der Waals surface area contributed by atoms with Crippen molar-refractivity contribution in [2.45, 2.75) is 32.1 Å². The number of hydrogen-bond donors (Lipinski definition) is 0. The van der Waals surface area contributed by atoms with Crippen molar-refractivity contribution in [2.24, 2.45) is 0 Å². The molecule has 96 valence electrons. The van der Waals surface area contributed by atoms with Crippen LogP contribution in [0, 0.1) is 0 Å². The molecule has 0 heterocycles. The Labute approximate surface area is 115 Å². The summed E-state index contributed by atoms with van der Waals surface area (Å²) in [6, 6.07) is 19.6. The second-order valence-electron chi connectivity index (χ2n) is 5.27. The summed E-state index contributed by atoms with van der Waals surface area (Å²) in [6.45, 7) is 0. The molecule has 0 radical (unpaired) electrons. The largest absolute Gasteiger partial charge is 0.0807 e. The first-order valence-electron chi connectivity index (χ1n) is 7.28. The lowest BCUT2D eigenvalue weighted by Crippen LogP contribution is -1.85. The number of hydrogen-bond acceptors (Lipinski definition) is 0. The van der Waals surface area contributed by atoms with Gasteiger partial charge in [0.15, 0.2) is 0 Å². The maximum atomic E-state index is 2.44. The molecule has 0 atom stereocenters. The van der Waals surface area contributed by atoms with Crippen LogP contribution in [0.4, 0.5) is 0 Å². The topological polar surface area (TPSA) is 0 Å². The molecule has 0 nitrogen and oxygen atoms in total. The highest BCUT2D eigenvalue weighted by molar-refractivity contribution is 5.70. The molecule has 2 aromatic carbocycles. The summed E-state index contributed by atoms with van der Waals surface area (Å²) in [4.78, 5) is 0. The summed E-state index contributed by atoms with van der Waals surface area (Å²) in [5.41, 5.74) is 5.54. The van der Waals surface area contributed by atoms with Gasteiger partial charge in [-0.1, -0.05) is 67.1 Å². The van der Waals surface area contributed by atoms with Crippen LogP contribution in [-0.4, -0.2) is 0 Å². The predicted octanol–water partition coefficient (Wildman–Crippen LogP) is 5.70. The molecule has 19 heavy (non-hydrogen) atoms. The fourth-order valence-corrected chi connectivity index (χ4v) is 2.78. The standard InChI is InChI=1S/C19H20/c1-2-5-9-16(8-4-1)18-12-14-19(15-13-18)17-10-6-3-7-11-17/h3,6-8,10-15H,1-2,4-5,9H2. The van der Waals surface area contributed by atoms with E-state index < -0.39 is 0 Å². The van der Waals surface area contributed by atoms with E-state index in [1.165, 1.54) is 54.4 Å². The van der Waals surface area contributed by atoms with Gasteiger partial charge in [-0.3, -0.25) is 0 Å². The van der Waals surface area contributed by atoms with Crippen LogP contribution in [-0.2, 0) is 0 Å². The fourth-order valence-electron chi connectivity index (χ4n) is 2.78. The first-order valence-corrected chi connectivity index (χ1v) is 7.28. The monoisotopic (exact) mass is 248 g/mol. The summed E-state index contributed by atoms with van der Waals surface area (Å²) in [6.07, 6.45) is 8.99. The van der Waals surface area contributed by atoms with Gasteiger partial charge in [-0.15, -0.1) is 0 Å². The van der Waals surface area contributed by atoms with Gasteiger partial charge in [-0.25, -0.2) is 0 Å². The maximum Gasteiger partial charge on any atom is -0.0184 e. The lowest BCUT2D eigenvalue weighted by Gasteiger charge is -2.07. The lowest BCUT2D eigenvalue weighted by atomic mass is 9.98. The van der Waals surface area contributed by atoms with Gasteiger partial charge in [0.1, 0.15) is 0 Å². The lowest BCUT2D eigenvalue weighted by molar-refractivity contribution is 0.720. The van der Waals surface area contributed by atoms with E-state index in [1.54, 1.807) is 0 Å². The van der Waals surface area contributed by atoms with Crippen LogP contribution in [0.25, 0.3) is 16.7 Å². The SMILES string of the molecule is C1=C(c2ccc(-c3ccccc3)cc2)CCCCC1. The third-order valence-corrected chi connectivity index (χ3v) is 3.90. The zero-order chi connectivity index (χ0) is 12.9. The molecule has 0 amide bonds. The number of rotatable bonds is 2. The third kappa shape index (κ3) is 2.96. The average Bonchev–Trinajstić information content (AvgIpc) is 2.77. The highest BCUT2D eigenvalue weighted by Gasteiger charge is 2.05. The Bertz CT molecular complexity index is 546. The fraction of sp³-hybridized carbons (Fsp3) is 0.263. The van der Waals surface area contributed by atoms with Crippen LogP contribution in [0.5, 0.6) is 0 Å². The molecule has 0 fully saturated rings. The molecule has 0 aromatic heterocycles. The van der Waals surface area contributed by atoms with E-state index in [0.29, 0.717) is 0 Å². The van der Waals surface area contributed by atoms with E-state index in [9.17, 15) is 0 Å². The van der Waals surface area contributed by atoms with Gasteiger partial charge < -0.3 is 0 Å². The van der Waals surface area contributed by atoms with E-state index in [0.717, 1.165) is 0 Å². The Hall–Kier alpha value is -1.82. The smallest absolute Gasteiger partial charge is 0.0184 e. The maximum absolute atomic E-state index is 2.44. The van der Waals surface area contributed by atoms with Gasteiger partial charge in [0, 0.05) is 0 Å². The predicted molar refractivity (Wildman–Crippen MR) is 82.9 cm³/mol. The van der Waals surface area contributed by atoms with E-state index in [4.69, 9.17) is 0 Å². The highest BCUT2D eigenvalue weighted by Crippen LogP contribution is 2.28. The molecular formula is C19H20. The van der Waals surface area contributed by atoms with Crippen LogP contribution in [0.2, 0.25) is 0 Å². The van der Waals surface area contributed by atoms with Crippen LogP contribution >= 0.6 is 0 Å². The second kappa shape index (κ2) is 5.88. The zero-order valence-corrected chi connectivity index (χ0v) is 11.3. The molecule has 2 aromatic rings. The second-order valence-corrected chi connectivity index (χ2v) is 5.27. The van der Waals surface area contributed by atoms with Crippen molar-refractivity contribution in [3.63, 3.8) is 0 Å². The minimum atomic E-state index is 1.24. The van der Waals surface area contributed by atoms with Crippen LogP contribution in [0.15, 0.2) is 60.7 Å². The molecule has 0 aliphatic heterocycles. The summed E-state index contributed by atoms with van der Waals surface area (Å²) >= 11 is 0. The average molecular weight is 248 g/mol. The van der Waals surface area contributed by atoms with Crippen molar-refractivity contribution < 1.29 is 0 Å². The molecule has 0 unspecified atom stereocenters. The molecule has 0 bridgehead atoms. The van der Waals surface area contributed by atoms with Crippen LogP contribution < -0.4 is 0 Å². The van der Waals surface area contributed by atoms with Crippen molar-refractivity contribution in [2.75, 3.05) is 0 Å². The Morgan fingerprint density at radius 2 is 1.26 bits per heavy atom. The van der Waals surface area contributed by atoms with Gasteiger partial charge in [0.25, 0.3) is 0 Å². The van der Waals surface area contributed by atoms with E-state index in [2.05, 4.69) is 60.7 Å². The molecule has 1 aliphatic rings. The van der Waals surface area contributed by atoms with Crippen molar-refractivity contribution >= 4 is 5.57 Å². The van der Waals surface area contributed by atoms with Gasteiger partial charge in [-0.05, 0) is 47.9 Å². The minimum absolute atomic E-state index is 1.24. The molecule has 0 saturated heterocycles. The van der Waals surface area contributed by atoms with Crippen molar-refractivity contribution in [3.05, 3.63) is 66.2 Å². The Morgan fingerprint density at radius 1 is 0.579 bits per heavy atom. The molecular weight excluding hydrogens is 228 g/mol. The summed E-state index contributed by atoms with van der Waals surface area (Å²) < 4.78 is 0. The van der Waals surface area contributed by atoms with E-state index in [1.807, 2.05) is 0 Å². The Balaban J connectivity index is 1.84. The summed E-state index contributed by atoms with van der Waals surface area (Å²) in [5, 5.41) is 0. The summed E-state index contributed by atoms with van der Waals surface area (Å²) in [5.74, 6) is 0. The van der Waals surface area contributed by atoms with Gasteiger partial charge in [0.05, 0.1) is 0 Å². The van der Waals surface area contributed by atoms with E-state index >= 15 is 0 Å². The Kier molecular flexibility index (Phi) is 3.78. The van der Waals surface area contributed by atoms with Gasteiger partial charge in [-0.2, -0.15) is 0 Å². The molecule has 1 aliphatic carbocycles. The highest BCUT2D eigenvalue weighted by atomic mass is 14.1. The number of benzene rings is 2. The van der Waals surface area contributed by atoms with Gasteiger partial charge >= 0.3 is 0 Å². The number of allylic oxidation sites excluding steroid dienone is 2. The normalized spacial score (nSPS) is 15.7. The third-order valence-electron chi connectivity index (χ3n) is 3.90. The minimum Gasteiger partial charge on any atom is -0.0807 e. The zero-order valence-electron chi connectivity index (χ0n) is 11.3. The molecule has 0 heteroatoms. The van der Waals surface area contributed by atoms with Crippen LogP contribution in [0.1, 0.15) is 37.7 Å². The van der Waals surface area contributed by atoms with E-state index in [-0.39, 0.29) is 0 Å². The van der Waals surface area contributed by atoms with Crippen LogP contribution in [0.3, 0.4) is 0 Å². The molecule has 0 N–H and O–H groups in total. The molecule has 0 saturated carbocycles. The molecule has 3 rings (SSSR count). The van der Waals surface area contributed by atoms with Crippen molar-refractivity contribution in [1.29, 1.82) is 0 Å². The molecule has 0 spiro atoms. The quantitative estimate of drug-likeness (QED) is 0.639. The summed E-state index contributed by atoms with van der Waals surface area (Å²) in [7, 11) is 0. The van der Waals surface area contributed by atoms with Crippen molar-refractivity contribution in [3.8, 4) is 11.1 Å². The first kappa shape index (κ1) is 12.2. The van der Waals surface area contributed by atoms with Gasteiger partial charge in [0.2, 0.25) is 0 Å².